The number of carbonyl (C=O) groups is 2. The van der Waals surface area contributed by atoms with Crippen LogP contribution in [0.2, 0.25) is 0 Å². The van der Waals surface area contributed by atoms with Crippen LogP contribution in [0.5, 0.6) is 0 Å². The van der Waals surface area contributed by atoms with Gasteiger partial charge in [-0.1, -0.05) is 29.4 Å². The number of amides is 2. The van der Waals surface area contributed by atoms with Crippen molar-refractivity contribution in [2.75, 3.05) is 32.8 Å². The standard InChI is InChI=1S/C25H30N6O4/c26-30-12-19-4-2-1-3-18(19)9-23(30)22(28-34)13-31(27)25(33)17-7-5-16(6-8-17)24(32)29-10-20-14-35-15-21(20)11-29/h1-8,20-23H,9-15,26-27H2/t20?,21?,22-,23+/m1/s1. The lowest BCUT2D eigenvalue weighted by molar-refractivity contribution is 0.0696. The maximum atomic E-state index is 12.9. The number of hydrogen-bond donors (Lipinski definition) is 2. The van der Waals surface area contributed by atoms with Gasteiger partial charge in [-0.25, -0.2) is 10.9 Å². The minimum Gasteiger partial charge on any atom is -0.381 e. The number of likely N-dealkylation sites (tertiary alicyclic amines) is 1. The van der Waals surface area contributed by atoms with Gasteiger partial charge in [-0.2, -0.15) is 4.91 Å². The fourth-order valence-electron chi connectivity index (χ4n) is 5.39. The van der Waals surface area contributed by atoms with E-state index < -0.39 is 11.9 Å². The van der Waals surface area contributed by atoms with E-state index in [-0.39, 0.29) is 18.5 Å². The maximum absolute atomic E-state index is 12.9. The highest BCUT2D eigenvalue weighted by Crippen LogP contribution is 2.30. The molecule has 2 aromatic rings. The lowest BCUT2D eigenvalue weighted by Crippen LogP contribution is -2.55. The normalized spacial score (nSPS) is 24.5. The SMILES string of the molecule is NN(C[C@@H](N=O)[C@@H]1Cc2ccccc2CN1N)C(=O)c1ccc(C(=O)N2CC3COCC3C2)cc1. The molecule has 35 heavy (non-hydrogen) atoms. The first-order chi connectivity index (χ1) is 16.9. The molecule has 0 aromatic heterocycles. The van der Waals surface area contributed by atoms with E-state index in [1.807, 2.05) is 29.2 Å². The molecule has 2 saturated heterocycles. The summed E-state index contributed by atoms with van der Waals surface area (Å²) in [6.45, 7) is 3.24. The monoisotopic (exact) mass is 478 g/mol. The predicted octanol–water partition coefficient (Wildman–Crippen LogP) is 1.16. The zero-order chi connectivity index (χ0) is 24.5. The van der Waals surface area contributed by atoms with Crippen molar-refractivity contribution in [3.05, 3.63) is 75.7 Å². The van der Waals surface area contributed by atoms with Crippen LogP contribution in [0.4, 0.5) is 0 Å². The van der Waals surface area contributed by atoms with Crippen LogP contribution in [-0.2, 0) is 17.7 Å². The van der Waals surface area contributed by atoms with Gasteiger partial charge in [0, 0.05) is 42.6 Å². The number of nitrogens with zero attached hydrogens (tertiary/aromatic N) is 4. The number of nitroso groups, excluding NO2 is 1. The molecule has 184 valence electrons. The van der Waals surface area contributed by atoms with Crippen molar-refractivity contribution >= 4 is 11.8 Å². The molecule has 0 saturated carbocycles. The van der Waals surface area contributed by atoms with Crippen LogP contribution in [0.3, 0.4) is 0 Å². The Hall–Kier alpha value is -3.18. The second-order valence-corrected chi connectivity index (χ2v) is 9.69. The van der Waals surface area contributed by atoms with Crippen LogP contribution in [0.15, 0.2) is 53.7 Å². The molecule has 2 amide bonds. The molecule has 0 spiro atoms. The molecule has 0 radical (unpaired) electrons. The predicted molar refractivity (Wildman–Crippen MR) is 129 cm³/mol. The van der Waals surface area contributed by atoms with Crippen LogP contribution in [0, 0.1) is 16.7 Å². The summed E-state index contributed by atoms with van der Waals surface area (Å²) in [4.78, 5) is 39.4. The molecule has 2 fully saturated rings. The molecular weight excluding hydrogens is 448 g/mol. The topological polar surface area (TPSA) is 135 Å². The molecular formula is C25H30N6O4. The largest absolute Gasteiger partial charge is 0.381 e. The number of ether oxygens (including phenoxy) is 1. The number of hydrazine groups is 2. The van der Waals surface area contributed by atoms with E-state index >= 15 is 0 Å². The maximum Gasteiger partial charge on any atom is 0.267 e. The fourth-order valence-corrected chi connectivity index (χ4v) is 5.39. The highest BCUT2D eigenvalue weighted by Gasteiger charge is 2.39. The van der Waals surface area contributed by atoms with Gasteiger partial charge in [-0.3, -0.25) is 20.4 Å². The van der Waals surface area contributed by atoms with E-state index in [1.54, 1.807) is 29.3 Å². The Bertz CT molecular complexity index is 1100. The smallest absolute Gasteiger partial charge is 0.267 e. The first kappa shape index (κ1) is 23.6. The van der Waals surface area contributed by atoms with Gasteiger partial charge in [0.15, 0.2) is 0 Å². The molecule has 2 aromatic carbocycles. The fraction of sp³-hybridized carbons (Fsp3) is 0.440. The third kappa shape index (κ3) is 4.70. The second kappa shape index (κ2) is 9.82. The van der Waals surface area contributed by atoms with Crippen molar-refractivity contribution in [1.82, 2.24) is 14.9 Å². The van der Waals surface area contributed by atoms with Crippen molar-refractivity contribution in [3.63, 3.8) is 0 Å². The first-order valence-electron chi connectivity index (χ1n) is 11.9. The van der Waals surface area contributed by atoms with Gasteiger partial charge >= 0.3 is 0 Å². The Morgan fingerprint density at radius 1 is 1.03 bits per heavy atom. The molecule has 0 aliphatic carbocycles. The molecule has 3 heterocycles. The van der Waals surface area contributed by atoms with Gasteiger partial charge < -0.3 is 9.64 Å². The minimum absolute atomic E-state index is 0.0474. The summed E-state index contributed by atoms with van der Waals surface area (Å²) in [5.41, 5.74) is 3.07. The summed E-state index contributed by atoms with van der Waals surface area (Å²) >= 11 is 0. The Labute approximate surface area is 203 Å². The van der Waals surface area contributed by atoms with Crippen LogP contribution < -0.4 is 11.7 Å². The van der Waals surface area contributed by atoms with E-state index in [9.17, 15) is 14.5 Å². The Morgan fingerprint density at radius 3 is 2.31 bits per heavy atom. The summed E-state index contributed by atoms with van der Waals surface area (Å²) in [6.07, 6.45) is 0.548. The highest BCUT2D eigenvalue weighted by molar-refractivity contribution is 5.97. The molecule has 10 heteroatoms. The second-order valence-electron chi connectivity index (χ2n) is 9.69. The Balaban J connectivity index is 1.21. The van der Waals surface area contributed by atoms with E-state index in [0.717, 1.165) is 16.1 Å². The van der Waals surface area contributed by atoms with Crippen molar-refractivity contribution < 1.29 is 14.3 Å². The van der Waals surface area contributed by atoms with E-state index in [2.05, 4.69) is 5.18 Å². The van der Waals surface area contributed by atoms with Gasteiger partial charge in [0.25, 0.3) is 11.8 Å². The van der Waals surface area contributed by atoms with Gasteiger partial charge in [-0.15, -0.1) is 0 Å². The molecule has 10 nitrogen and oxygen atoms in total. The van der Waals surface area contributed by atoms with Gasteiger partial charge in [0.1, 0.15) is 6.04 Å². The molecule has 3 aliphatic rings. The van der Waals surface area contributed by atoms with Crippen molar-refractivity contribution in [3.8, 4) is 0 Å². The van der Waals surface area contributed by atoms with Crippen molar-refractivity contribution in [2.24, 2.45) is 28.7 Å². The van der Waals surface area contributed by atoms with Crippen LogP contribution >= 0.6 is 0 Å². The first-order valence-corrected chi connectivity index (χ1v) is 11.9. The third-order valence-corrected chi connectivity index (χ3v) is 7.46. The molecule has 0 bridgehead atoms. The van der Waals surface area contributed by atoms with Crippen LogP contribution in [0.25, 0.3) is 0 Å². The third-order valence-electron chi connectivity index (χ3n) is 7.46. The Morgan fingerprint density at radius 2 is 1.66 bits per heavy atom. The number of hydrogen-bond acceptors (Lipinski definition) is 8. The molecule has 5 rings (SSSR count). The Kier molecular flexibility index (Phi) is 6.61. The van der Waals surface area contributed by atoms with E-state index in [1.165, 1.54) is 0 Å². The van der Waals surface area contributed by atoms with E-state index in [4.69, 9.17) is 16.4 Å². The molecule has 2 unspecified atom stereocenters. The highest BCUT2D eigenvalue weighted by atomic mass is 16.5. The minimum atomic E-state index is -0.790. The lowest BCUT2D eigenvalue weighted by atomic mass is 9.91. The molecule has 4 N–H and O–H groups in total. The number of nitrogens with two attached hydrogens (primary N) is 2. The summed E-state index contributed by atoms with van der Waals surface area (Å²) in [5.74, 6) is 12.6. The number of fused-ring (bicyclic) bond motifs is 2. The summed E-state index contributed by atoms with van der Waals surface area (Å²) in [6, 6.07) is 13.2. The average molecular weight is 479 g/mol. The zero-order valence-electron chi connectivity index (χ0n) is 19.5. The summed E-state index contributed by atoms with van der Waals surface area (Å²) < 4.78 is 5.48. The molecule has 4 atom stereocenters. The van der Waals surface area contributed by atoms with Crippen molar-refractivity contribution in [1.29, 1.82) is 0 Å². The summed E-state index contributed by atoms with van der Waals surface area (Å²) in [5, 5.41) is 5.84. The van der Waals surface area contributed by atoms with Gasteiger partial charge in [0.05, 0.1) is 25.8 Å². The van der Waals surface area contributed by atoms with Crippen molar-refractivity contribution in [2.45, 2.75) is 25.0 Å². The summed E-state index contributed by atoms with van der Waals surface area (Å²) in [7, 11) is 0. The average Bonchev–Trinajstić information content (AvgIpc) is 3.49. The van der Waals surface area contributed by atoms with Gasteiger partial charge in [-0.05, 0) is 41.8 Å². The van der Waals surface area contributed by atoms with Crippen LogP contribution in [0.1, 0.15) is 31.8 Å². The van der Waals surface area contributed by atoms with Gasteiger partial charge in [0.2, 0.25) is 0 Å². The number of benzene rings is 2. The van der Waals surface area contributed by atoms with E-state index in [0.29, 0.717) is 62.2 Å². The lowest BCUT2D eigenvalue weighted by Gasteiger charge is -2.36. The number of rotatable bonds is 6. The quantitative estimate of drug-likeness (QED) is 0.275. The molecule has 3 aliphatic heterocycles. The van der Waals surface area contributed by atoms with Crippen LogP contribution in [-0.4, -0.2) is 71.7 Å². The number of carbonyl (C=O) groups excluding carboxylic acids is 2. The zero-order valence-corrected chi connectivity index (χ0v) is 19.5.